The highest BCUT2D eigenvalue weighted by atomic mass is 32.2. The monoisotopic (exact) mass is 269 g/mol. The fraction of sp³-hybridized carbons (Fsp3) is 0.273. The number of para-hydroxylation sites is 1. The number of carboxylic acid groups (broad SMARTS) is 1. The number of carbonyl (C=O) groups excluding carboxylic acids is 1. The average Bonchev–Trinajstić information content (AvgIpc) is 2.35. The van der Waals surface area contributed by atoms with E-state index in [9.17, 15) is 18.0 Å². The zero-order valence-corrected chi connectivity index (χ0v) is 10.1. The highest BCUT2D eigenvalue weighted by molar-refractivity contribution is 7.91. The number of amides is 1. The third-order valence-corrected chi connectivity index (χ3v) is 4.56. The first-order valence-corrected chi connectivity index (χ1v) is 6.90. The van der Waals surface area contributed by atoms with Gasteiger partial charge in [0.05, 0.1) is 28.7 Å². The number of anilines is 1. The van der Waals surface area contributed by atoms with Crippen molar-refractivity contribution >= 4 is 27.4 Å². The van der Waals surface area contributed by atoms with E-state index >= 15 is 0 Å². The van der Waals surface area contributed by atoms with E-state index < -0.39 is 39.8 Å². The topological polar surface area (TPSA) is 101 Å². The van der Waals surface area contributed by atoms with E-state index in [2.05, 4.69) is 5.32 Å². The summed E-state index contributed by atoms with van der Waals surface area (Å²) in [5, 5.41) is 11.1. The SMILES string of the molecule is O=C(O)CC1CS(=O)(=O)c2ccccc2NC1=O. The molecule has 0 saturated heterocycles. The van der Waals surface area contributed by atoms with E-state index in [1.165, 1.54) is 12.1 Å². The van der Waals surface area contributed by atoms with Crippen LogP contribution in [0.1, 0.15) is 6.42 Å². The number of carbonyl (C=O) groups is 2. The Bertz CT molecular complexity index is 608. The van der Waals surface area contributed by atoms with Crippen LogP contribution in [0.5, 0.6) is 0 Å². The van der Waals surface area contributed by atoms with Crippen molar-refractivity contribution in [1.29, 1.82) is 0 Å². The normalized spacial score (nSPS) is 21.6. The molecule has 0 radical (unpaired) electrons. The molecule has 6 nitrogen and oxygen atoms in total. The summed E-state index contributed by atoms with van der Waals surface area (Å²) >= 11 is 0. The molecule has 2 rings (SSSR count). The lowest BCUT2D eigenvalue weighted by molar-refractivity contribution is -0.139. The highest BCUT2D eigenvalue weighted by Gasteiger charge is 2.33. The van der Waals surface area contributed by atoms with E-state index in [-0.39, 0.29) is 10.6 Å². The first-order chi connectivity index (χ1) is 8.40. The summed E-state index contributed by atoms with van der Waals surface area (Å²) in [6.07, 6.45) is -0.501. The molecule has 1 amide bonds. The number of aliphatic carboxylic acids is 1. The van der Waals surface area contributed by atoms with Gasteiger partial charge in [0.2, 0.25) is 5.91 Å². The molecule has 0 spiro atoms. The van der Waals surface area contributed by atoms with Crippen molar-refractivity contribution in [3.63, 3.8) is 0 Å². The molecule has 0 saturated carbocycles. The Labute approximate surface area is 104 Å². The van der Waals surface area contributed by atoms with Gasteiger partial charge < -0.3 is 10.4 Å². The molecule has 1 aliphatic rings. The third kappa shape index (κ3) is 2.35. The lowest BCUT2D eigenvalue weighted by atomic mass is 10.1. The number of hydrogen-bond acceptors (Lipinski definition) is 4. The standard InChI is InChI=1S/C11H11NO5S/c13-10(14)5-7-6-18(16,17)9-4-2-1-3-8(9)12-11(7)15/h1-4,7H,5-6H2,(H,12,15)(H,13,14). The summed E-state index contributed by atoms with van der Waals surface area (Å²) in [7, 11) is -3.65. The van der Waals surface area contributed by atoms with Crippen molar-refractivity contribution in [3.8, 4) is 0 Å². The minimum Gasteiger partial charge on any atom is -0.481 e. The van der Waals surface area contributed by atoms with Crippen molar-refractivity contribution in [3.05, 3.63) is 24.3 Å². The first kappa shape index (κ1) is 12.6. The summed E-state index contributed by atoms with van der Waals surface area (Å²) in [4.78, 5) is 22.4. The molecule has 0 aromatic heterocycles. The second kappa shape index (κ2) is 4.41. The summed E-state index contributed by atoms with van der Waals surface area (Å²) in [6, 6.07) is 6.04. The van der Waals surface area contributed by atoms with E-state index in [4.69, 9.17) is 5.11 Å². The Balaban J connectivity index is 2.45. The van der Waals surface area contributed by atoms with Gasteiger partial charge in [-0.05, 0) is 12.1 Å². The number of carboxylic acids is 1. The number of nitrogens with one attached hydrogen (secondary N) is 1. The van der Waals surface area contributed by atoms with E-state index in [1.54, 1.807) is 12.1 Å². The first-order valence-electron chi connectivity index (χ1n) is 5.24. The number of benzene rings is 1. The van der Waals surface area contributed by atoms with Crippen LogP contribution < -0.4 is 5.32 Å². The van der Waals surface area contributed by atoms with Crippen LogP contribution >= 0.6 is 0 Å². The van der Waals surface area contributed by atoms with Gasteiger partial charge in [-0.1, -0.05) is 12.1 Å². The van der Waals surface area contributed by atoms with E-state index in [1.807, 2.05) is 0 Å². The maximum absolute atomic E-state index is 12.0. The molecule has 1 aliphatic heterocycles. The summed E-state index contributed by atoms with van der Waals surface area (Å²) in [5.74, 6) is -3.33. The van der Waals surface area contributed by atoms with Gasteiger partial charge in [0, 0.05) is 0 Å². The Morgan fingerprint density at radius 2 is 2.06 bits per heavy atom. The van der Waals surface area contributed by atoms with E-state index in [0.717, 1.165) is 0 Å². The van der Waals surface area contributed by atoms with Crippen LogP contribution in [0.15, 0.2) is 29.2 Å². The Morgan fingerprint density at radius 3 is 2.72 bits per heavy atom. The molecule has 7 heteroatoms. The molecule has 1 aromatic carbocycles. The van der Waals surface area contributed by atoms with Crippen LogP contribution in [0.3, 0.4) is 0 Å². The predicted octanol–water partition coefficient (Wildman–Crippen LogP) is 0.503. The smallest absolute Gasteiger partial charge is 0.304 e. The van der Waals surface area contributed by atoms with Crippen molar-refractivity contribution in [1.82, 2.24) is 0 Å². The molecule has 0 fully saturated rings. The van der Waals surface area contributed by atoms with Crippen LogP contribution in [-0.2, 0) is 19.4 Å². The number of hydrogen-bond donors (Lipinski definition) is 2. The van der Waals surface area contributed by atoms with Crippen molar-refractivity contribution in [2.45, 2.75) is 11.3 Å². The number of rotatable bonds is 2. The van der Waals surface area contributed by atoms with Gasteiger partial charge in [-0.3, -0.25) is 9.59 Å². The molecule has 0 bridgehead atoms. The van der Waals surface area contributed by atoms with Crippen molar-refractivity contribution < 1.29 is 23.1 Å². The van der Waals surface area contributed by atoms with Gasteiger partial charge in [-0.15, -0.1) is 0 Å². The second-order valence-corrected chi connectivity index (χ2v) is 6.06. The molecule has 1 atom stereocenters. The number of sulfone groups is 1. The fourth-order valence-electron chi connectivity index (χ4n) is 1.87. The largest absolute Gasteiger partial charge is 0.481 e. The molecule has 96 valence electrons. The molecule has 0 aliphatic carbocycles. The van der Waals surface area contributed by atoms with Gasteiger partial charge in [0.15, 0.2) is 9.84 Å². The Kier molecular flexibility index (Phi) is 3.08. The highest BCUT2D eigenvalue weighted by Crippen LogP contribution is 2.28. The molecule has 18 heavy (non-hydrogen) atoms. The van der Waals surface area contributed by atoms with Crippen molar-refractivity contribution in [2.24, 2.45) is 5.92 Å². The van der Waals surface area contributed by atoms with E-state index in [0.29, 0.717) is 0 Å². The third-order valence-electron chi connectivity index (χ3n) is 2.69. The summed E-state index contributed by atoms with van der Waals surface area (Å²) in [5.41, 5.74) is 0.204. The maximum Gasteiger partial charge on any atom is 0.304 e. The fourth-order valence-corrected chi connectivity index (χ4v) is 3.59. The van der Waals surface area contributed by atoms with Crippen LogP contribution in [-0.4, -0.2) is 31.2 Å². The lowest BCUT2D eigenvalue weighted by Crippen LogP contribution is -2.28. The quantitative estimate of drug-likeness (QED) is 0.814. The van der Waals surface area contributed by atoms with Crippen LogP contribution in [0.4, 0.5) is 5.69 Å². The molecular weight excluding hydrogens is 258 g/mol. The van der Waals surface area contributed by atoms with Crippen LogP contribution in [0.25, 0.3) is 0 Å². The molecule has 1 heterocycles. The van der Waals surface area contributed by atoms with Crippen LogP contribution in [0.2, 0.25) is 0 Å². The molecule has 1 aromatic rings. The second-order valence-electron chi connectivity index (χ2n) is 4.06. The number of fused-ring (bicyclic) bond motifs is 1. The van der Waals surface area contributed by atoms with Gasteiger partial charge in [0.1, 0.15) is 0 Å². The molecular formula is C11H11NO5S. The van der Waals surface area contributed by atoms with Gasteiger partial charge in [0.25, 0.3) is 0 Å². The Morgan fingerprint density at radius 1 is 1.39 bits per heavy atom. The zero-order valence-electron chi connectivity index (χ0n) is 9.29. The maximum atomic E-state index is 12.0. The molecule has 1 unspecified atom stereocenters. The Hall–Kier alpha value is -1.89. The summed E-state index contributed by atoms with van der Waals surface area (Å²) < 4.78 is 24.1. The minimum absolute atomic E-state index is 0.0336. The minimum atomic E-state index is -3.65. The van der Waals surface area contributed by atoms with Gasteiger partial charge >= 0.3 is 5.97 Å². The predicted molar refractivity (Wildman–Crippen MR) is 62.9 cm³/mol. The van der Waals surface area contributed by atoms with Gasteiger partial charge in [-0.2, -0.15) is 0 Å². The molecule has 2 N–H and O–H groups in total. The summed E-state index contributed by atoms with van der Waals surface area (Å²) in [6.45, 7) is 0. The van der Waals surface area contributed by atoms with Crippen LogP contribution in [0, 0.1) is 5.92 Å². The lowest BCUT2D eigenvalue weighted by Gasteiger charge is -2.09. The zero-order chi connectivity index (χ0) is 13.3. The van der Waals surface area contributed by atoms with Crippen molar-refractivity contribution in [2.75, 3.05) is 11.1 Å². The van der Waals surface area contributed by atoms with Gasteiger partial charge in [-0.25, -0.2) is 8.42 Å². The average molecular weight is 269 g/mol.